The van der Waals surface area contributed by atoms with Crippen molar-refractivity contribution in [3.63, 3.8) is 0 Å². The highest BCUT2D eigenvalue weighted by atomic mass is 19.1. The van der Waals surface area contributed by atoms with E-state index in [1.807, 2.05) is 13.8 Å². The first-order valence-electron chi connectivity index (χ1n) is 4.68. The highest BCUT2D eigenvalue weighted by Gasteiger charge is 2.14. The van der Waals surface area contributed by atoms with Crippen molar-refractivity contribution in [2.24, 2.45) is 5.92 Å². The molecule has 0 aliphatic rings. The number of nitro benzene ring substituents is 1. The molecule has 0 saturated heterocycles. The standard InChI is InChI=1S/C10H13FN2O2/c1-7(2)6-12-9-4-3-8(11)5-10(9)13(14)15/h3-5,7,12H,6H2,1-2H3. The van der Waals surface area contributed by atoms with Crippen LogP contribution in [-0.4, -0.2) is 11.5 Å². The molecule has 4 nitrogen and oxygen atoms in total. The van der Waals surface area contributed by atoms with Gasteiger partial charge < -0.3 is 5.32 Å². The van der Waals surface area contributed by atoms with Gasteiger partial charge in [0.2, 0.25) is 0 Å². The highest BCUT2D eigenvalue weighted by molar-refractivity contribution is 5.61. The predicted octanol–water partition coefficient (Wildman–Crippen LogP) is 2.80. The van der Waals surface area contributed by atoms with Crippen LogP contribution >= 0.6 is 0 Å². The van der Waals surface area contributed by atoms with Crippen molar-refractivity contribution in [2.45, 2.75) is 13.8 Å². The Kier molecular flexibility index (Phi) is 3.60. The molecule has 0 aliphatic carbocycles. The van der Waals surface area contributed by atoms with Gasteiger partial charge in [-0.2, -0.15) is 0 Å². The monoisotopic (exact) mass is 212 g/mol. The van der Waals surface area contributed by atoms with Crippen molar-refractivity contribution in [1.82, 2.24) is 0 Å². The fraction of sp³-hybridized carbons (Fsp3) is 0.400. The summed E-state index contributed by atoms with van der Waals surface area (Å²) in [5.74, 6) is -0.230. The summed E-state index contributed by atoms with van der Waals surface area (Å²) < 4.78 is 12.8. The van der Waals surface area contributed by atoms with E-state index in [1.54, 1.807) is 0 Å². The topological polar surface area (TPSA) is 55.2 Å². The van der Waals surface area contributed by atoms with Crippen molar-refractivity contribution < 1.29 is 9.31 Å². The Hall–Kier alpha value is -1.65. The molecule has 0 radical (unpaired) electrons. The molecular formula is C10H13FN2O2. The third kappa shape index (κ3) is 3.19. The Labute approximate surface area is 87.3 Å². The molecule has 0 bridgehead atoms. The normalized spacial score (nSPS) is 10.4. The number of benzene rings is 1. The third-order valence-corrected chi connectivity index (χ3v) is 1.86. The van der Waals surface area contributed by atoms with Crippen LogP contribution in [0.4, 0.5) is 15.8 Å². The van der Waals surface area contributed by atoms with Crippen LogP contribution in [-0.2, 0) is 0 Å². The summed E-state index contributed by atoms with van der Waals surface area (Å²) in [6, 6.07) is 3.51. The minimum atomic E-state index is -0.600. The lowest BCUT2D eigenvalue weighted by Gasteiger charge is -2.08. The summed E-state index contributed by atoms with van der Waals surface area (Å²) in [5.41, 5.74) is 0.130. The lowest BCUT2D eigenvalue weighted by molar-refractivity contribution is -0.384. The minimum absolute atomic E-state index is 0.226. The van der Waals surface area contributed by atoms with Gasteiger partial charge in [0.05, 0.1) is 11.0 Å². The lowest BCUT2D eigenvalue weighted by atomic mass is 10.2. The number of nitrogens with zero attached hydrogens (tertiary/aromatic N) is 1. The number of hydrogen-bond donors (Lipinski definition) is 1. The van der Waals surface area contributed by atoms with E-state index < -0.39 is 10.7 Å². The molecule has 0 spiro atoms. The zero-order valence-electron chi connectivity index (χ0n) is 8.66. The summed E-state index contributed by atoms with van der Waals surface area (Å²) in [6.45, 7) is 4.59. The number of nitrogens with one attached hydrogen (secondary N) is 1. The molecular weight excluding hydrogens is 199 g/mol. The summed E-state index contributed by atoms with van der Waals surface area (Å²) in [7, 11) is 0. The second-order valence-electron chi connectivity index (χ2n) is 3.69. The van der Waals surface area contributed by atoms with Gasteiger partial charge in [0.15, 0.2) is 0 Å². The zero-order valence-corrected chi connectivity index (χ0v) is 8.66. The van der Waals surface area contributed by atoms with Gasteiger partial charge in [0, 0.05) is 6.54 Å². The Bertz CT molecular complexity index is 366. The van der Waals surface area contributed by atoms with E-state index in [2.05, 4.69) is 5.32 Å². The van der Waals surface area contributed by atoms with Gasteiger partial charge in [-0.25, -0.2) is 4.39 Å². The molecule has 0 amide bonds. The summed E-state index contributed by atoms with van der Waals surface area (Å²) in [4.78, 5) is 10.0. The Balaban J connectivity index is 2.91. The van der Waals surface area contributed by atoms with Gasteiger partial charge in [0.1, 0.15) is 11.5 Å². The van der Waals surface area contributed by atoms with Gasteiger partial charge in [-0.05, 0) is 18.1 Å². The van der Waals surface area contributed by atoms with Crippen LogP contribution in [0.2, 0.25) is 0 Å². The molecule has 15 heavy (non-hydrogen) atoms. The average molecular weight is 212 g/mol. The number of hydrogen-bond acceptors (Lipinski definition) is 3. The molecule has 5 heteroatoms. The van der Waals surface area contributed by atoms with E-state index >= 15 is 0 Å². The Morgan fingerprint density at radius 3 is 2.73 bits per heavy atom. The lowest BCUT2D eigenvalue weighted by Crippen LogP contribution is -2.09. The summed E-state index contributed by atoms with van der Waals surface area (Å²) >= 11 is 0. The van der Waals surface area contributed by atoms with E-state index in [0.717, 1.165) is 6.07 Å². The molecule has 0 fully saturated rings. The fourth-order valence-corrected chi connectivity index (χ4v) is 1.12. The van der Waals surface area contributed by atoms with Crippen LogP contribution in [0.3, 0.4) is 0 Å². The third-order valence-electron chi connectivity index (χ3n) is 1.86. The van der Waals surface area contributed by atoms with Crippen LogP contribution in [0, 0.1) is 21.8 Å². The number of rotatable bonds is 4. The van der Waals surface area contributed by atoms with Crippen LogP contribution in [0.15, 0.2) is 18.2 Å². The average Bonchev–Trinajstić information content (AvgIpc) is 2.15. The van der Waals surface area contributed by atoms with Gasteiger partial charge in [-0.15, -0.1) is 0 Å². The van der Waals surface area contributed by atoms with Crippen molar-refractivity contribution in [2.75, 3.05) is 11.9 Å². The van der Waals surface area contributed by atoms with Crippen molar-refractivity contribution in [1.29, 1.82) is 0 Å². The van der Waals surface area contributed by atoms with Crippen LogP contribution in [0.25, 0.3) is 0 Å². The Morgan fingerprint density at radius 1 is 1.53 bits per heavy atom. The molecule has 0 heterocycles. The second kappa shape index (κ2) is 4.72. The van der Waals surface area contributed by atoms with Crippen LogP contribution in [0.5, 0.6) is 0 Å². The number of anilines is 1. The fourth-order valence-electron chi connectivity index (χ4n) is 1.12. The first-order chi connectivity index (χ1) is 7.00. The van der Waals surface area contributed by atoms with E-state index in [4.69, 9.17) is 0 Å². The number of nitro groups is 1. The molecule has 1 rings (SSSR count). The summed E-state index contributed by atoms with van der Waals surface area (Å²) in [5, 5.41) is 13.5. The van der Waals surface area contributed by atoms with Crippen molar-refractivity contribution >= 4 is 11.4 Å². The molecule has 0 atom stereocenters. The quantitative estimate of drug-likeness (QED) is 0.616. The van der Waals surface area contributed by atoms with E-state index in [9.17, 15) is 14.5 Å². The molecule has 0 saturated carbocycles. The van der Waals surface area contributed by atoms with Crippen molar-refractivity contribution in [3.05, 3.63) is 34.1 Å². The largest absolute Gasteiger partial charge is 0.379 e. The second-order valence-corrected chi connectivity index (χ2v) is 3.69. The zero-order chi connectivity index (χ0) is 11.4. The summed E-state index contributed by atoms with van der Waals surface area (Å²) in [6.07, 6.45) is 0. The minimum Gasteiger partial charge on any atom is -0.379 e. The van der Waals surface area contributed by atoms with E-state index in [1.165, 1.54) is 12.1 Å². The molecule has 1 aromatic carbocycles. The SMILES string of the molecule is CC(C)CNc1ccc(F)cc1[N+](=O)[O-]. The first kappa shape index (κ1) is 11.4. The van der Waals surface area contributed by atoms with Crippen LogP contribution < -0.4 is 5.32 Å². The molecule has 1 N–H and O–H groups in total. The molecule has 82 valence electrons. The number of halogens is 1. The van der Waals surface area contributed by atoms with Gasteiger partial charge in [0.25, 0.3) is 5.69 Å². The maximum absolute atomic E-state index is 12.8. The molecule has 0 aliphatic heterocycles. The maximum atomic E-state index is 12.8. The predicted molar refractivity (Wildman–Crippen MR) is 56.4 cm³/mol. The first-order valence-corrected chi connectivity index (χ1v) is 4.68. The smallest absolute Gasteiger partial charge is 0.295 e. The molecule has 1 aromatic rings. The van der Waals surface area contributed by atoms with E-state index in [0.29, 0.717) is 18.2 Å². The van der Waals surface area contributed by atoms with Crippen LogP contribution in [0.1, 0.15) is 13.8 Å². The van der Waals surface area contributed by atoms with Gasteiger partial charge >= 0.3 is 0 Å². The van der Waals surface area contributed by atoms with Gasteiger partial charge in [-0.1, -0.05) is 13.8 Å². The van der Waals surface area contributed by atoms with E-state index in [-0.39, 0.29) is 5.69 Å². The van der Waals surface area contributed by atoms with Gasteiger partial charge in [-0.3, -0.25) is 10.1 Å². The molecule has 0 unspecified atom stereocenters. The Morgan fingerprint density at radius 2 is 2.20 bits per heavy atom. The van der Waals surface area contributed by atoms with Crippen molar-refractivity contribution in [3.8, 4) is 0 Å². The maximum Gasteiger partial charge on any atom is 0.295 e. The highest BCUT2D eigenvalue weighted by Crippen LogP contribution is 2.24. The molecule has 0 aromatic heterocycles.